The van der Waals surface area contributed by atoms with E-state index < -0.39 is 0 Å². The van der Waals surface area contributed by atoms with Crippen LogP contribution < -0.4 is 21.1 Å². The van der Waals surface area contributed by atoms with Gasteiger partial charge in [-0.15, -0.1) is 0 Å². The highest BCUT2D eigenvalue weighted by Gasteiger charge is 2.26. The first-order valence-electron chi connectivity index (χ1n) is 22.8. The second kappa shape index (κ2) is 31.5. The molecule has 0 bridgehead atoms. The summed E-state index contributed by atoms with van der Waals surface area (Å²) < 4.78 is 6.06. The van der Waals surface area contributed by atoms with E-state index in [0.717, 1.165) is 84.2 Å². The first-order valence-corrected chi connectivity index (χ1v) is 22.8. The molecule has 1 heterocycles. The Morgan fingerprint density at radius 1 is 0.596 bits per heavy atom. The number of nitrogens with one attached hydrogen (secondary N) is 1. The van der Waals surface area contributed by atoms with Gasteiger partial charge in [0.05, 0.1) is 0 Å². The van der Waals surface area contributed by atoms with Crippen molar-refractivity contribution in [2.24, 2.45) is 0 Å². The van der Waals surface area contributed by atoms with E-state index >= 15 is 0 Å². The lowest BCUT2D eigenvalue weighted by molar-refractivity contribution is -0.150. The van der Waals surface area contributed by atoms with Crippen LogP contribution in [0.15, 0.2) is 9.59 Å². The number of esters is 1. The number of carbonyl (C=O) groups is 1. The molecular weight excluding hydrogens is 647 g/mol. The van der Waals surface area contributed by atoms with Crippen LogP contribution in [-0.4, -0.2) is 56.2 Å². The summed E-state index contributed by atoms with van der Waals surface area (Å²) in [4.78, 5) is 42.2. The molecule has 7 nitrogen and oxygen atoms in total. The molecule has 0 radical (unpaired) electrons. The van der Waals surface area contributed by atoms with Crippen LogP contribution >= 0.6 is 0 Å². The number of hydrogen-bond acceptors (Lipinski definition) is 7. The van der Waals surface area contributed by atoms with Gasteiger partial charge in [-0.1, -0.05) is 136 Å². The zero-order valence-electron chi connectivity index (χ0n) is 34.6. The number of carbonyl (C=O) groups excluding carboxylic acids is 1. The van der Waals surface area contributed by atoms with Crippen molar-refractivity contribution in [3.8, 4) is 0 Å². The Balaban J connectivity index is 1.67. The highest BCUT2D eigenvalue weighted by Crippen LogP contribution is 2.24. The maximum absolute atomic E-state index is 12.8. The molecule has 0 saturated carbocycles. The van der Waals surface area contributed by atoms with Crippen LogP contribution in [0.5, 0.6) is 0 Å². The van der Waals surface area contributed by atoms with Gasteiger partial charge in [0.15, 0.2) is 0 Å². The van der Waals surface area contributed by atoms with E-state index in [4.69, 9.17) is 4.74 Å². The number of rotatable bonds is 36. The predicted molar refractivity (Wildman–Crippen MR) is 224 cm³/mol. The Hall–Kier alpha value is -1.89. The van der Waals surface area contributed by atoms with E-state index in [1.807, 2.05) is 0 Å². The van der Waals surface area contributed by atoms with E-state index in [1.165, 1.54) is 141 Å². The van der Waals surface area contributed by atoms with Crippen LogP contribution in [0.3, 0.4) is 0 Å². The fourth-order valence-corrected chi connectivity index (χ4v) is 7.88. The lowest BCUT2D eigenvalue weighted by Crippen LogP contribution is -2.44. The van der Waals surface area contributed by atoms with Gasteiger partial charge in [0.1, 0.15) is 17.5 Å². The molecule has 0 aromatic heterocycles. The van der Waals surface area contributed by atoms with Crippen LogP contribution in [0.25, 0.3) is 0 Å². The zero-order chi connectivity index (χ0) is 37.5. The quantitative estimate of drug-likeness (QED) is 0.0418. The van der Waals surface area contributed by atoms with Crippen molar-refractivity contribution in [2.75, 3.05) is 49.5 Å². The molecule has 0 spiro atoms. The van der Waals surface area contributed by atoms with Crippen molar-refractivity contribution in [1.29, 1.82) is 0 Å². The van der Waals surface area contributed by atoms with Crippen molar-refractivity contribution in [1.82, 2.24) is 4.90 Å². The summed E-state index contributed by atoms with van der Waals surface area (Å²) >= 11 is 0. The van der Waals surface area contributed by atoms with Gasteiger partial charge in [0.2, 0.25) is 0 Å². The van der Waals surface area contributed by atoms with E-state index in [9.17, 15) is 14.4 Å². The maximum atomic E-state index is 12.8. The molecule has 1 aliphatic heterocycles. The Bertz CT molecular complexity index is 1050. The predicted octanol–water partition coefficient (Wildman–Crippen LogP) is 11.5. The Morgan fingerprint density at radius 2 is 1.06 bits per heavy atom. The average Bonchev–Trinajstić information content (AvgIpc) is 3.16. The molecule has 2 rings (SSSR count). The molecule has 7 heteroatoms. The van der Waals surface area contributed by atoms with Gasteiger partial charge in [0.25, 0.3) is 10.9 Å². The minimum absolute atomic E-state index is 0.0208. The third-order valence-corrected chi connectivity index (χ3v) is 11.3. The standard InChI is InChI=1S/C45H83N3O4/c1-4-7-10-13-17-23-31-40(32-24-18-14-11-8-5-2)52-41(49)33-25-19-16-21-27-36-47(35-26-20-15-12-9-6-3)37-30-34-46-42-43(45(51)44(42)50)48-38-28-22-29-39-48/h40,46H,4-39H2,1-3H3. The number of piperidine rings is 1. The van der Waals surface area contributed by atoms with E-state index in [2.05, 4.69) is 35.9 Å². The molecule has 1 aromatic carbocycles. The summed E-state index contributed by atoms with van der Waals surface area (Å²) in [6.45, 7) is 12.5. The lowest BCUT2D eigenvalue weighted by atomic mass is 10.0. The average molecular weight is 730 g/mol. The summed E-state index contributed by atoms with van der Waals surface area (Å²) in [6.07, 6.45) is 35.9. The third kappa shape index (κ3) is 21.1. The molecular formula is C45H83N3O4. The Morgan fingerprint density at radius 3 is 1.60 bits per heavy atom. The lowest BCUT2D eigenvalue weighted by Gasteiger charge is -2.31. The van der Waals surface area contributed by atoms with Crippen LogP contribution in [0.4, 0.5) is 11.4 Å². The van der Waals surface area contributed by atoms with Gasteiger partial charge in [0, 0.05) is 26.1 Å². The molecule has 0 aliphatic carbocycles. The van der Waals surface area contributed by atoms with Crippen LogP contribution in [0.2, 0.25) is 0 Å². The first-order chi connectivity index (χ1) is 25.5. The first kappa shape index (κ1) is 46.3. The van der Waals surface area contributed by atoms with Crippen molar-refractivity contribution in [3.63, 3.8) is 0 Å². The van der Waals surface area contributed by atoms with Gasteiger partial charge < -0.3 is 19.9 Å². The van der Waals surface area contributed by atoms with Gasteiger partial charge in [-0.05, 0) is 90.3 Å². The molecule has 0 unspecified atom stereocenters. The van der Waals surface area contributed by atoms with Crippen LogP contribution in [0.1, 0.15) is 213 Å². The van der Waals surface area contributed by atoms with Crippen molar-refractivity contribution < 1.29 is 9.53 Å². The minimum Gasteiger partial charge on any atom is -0.462 e. The SMILES string of the molecule is CCCCCCCCC(CCCCCCCC)OC(=O)CCCCCCCN(CCCCCCCC)CCCNc1c(N2CCCCC2)c(=O)c1=O. The summed E-state index contributed by atoms with van der Waals surface area (Å²) in [6, 6.07) is 0. The molecule has 52 heavy (non-hydrogen) atoms. The molecule has 1 aliphatic rings. The Labute approximate surface area is 320 Å². The number of nitrogens with zero attached hydrogens (tertiary/aromatic N) is 2. The number of anilines is 2. The van der Waals surface area contributed by atoms with Gasteiger partial charge in [-0.2, -0.15) is 0 Å². The van der Waals surface area contributed by atoms with Crippen molar-refractivity contribution in [3.05, 3.63) is 20.4 Å². The van der Waals surface area contributed by atoms with Crippen LogP contribution in [-0.2, 0) is 9.53 Å². The summed E-state index contributed by atoms with van der Waals surface area (Å²) in [5, 5.41) is 3.34. The monoisotopic (exact) mass is 730 g/mol. The summed E-state index contributed by atoms with van der Waals surface area (Å²) in [7, 11) is 0. The number of hydrogen-bond donors (Lipinski definition) is 1. The molecule has 0 atom stereocenters. The molecule has 1 fully saturated rings. The minimum atomic E-state index is -0.334. The van der Waals surface area contributed by atoms with Crippen LogP contribution in [0, 0.1) is 0 Å². The second-order valence-corrected chi connectivity index (χ2v) is 16.1. The second-order valence-electron chi connectivity index (χ2n) is 16.1. The summed E-state index contributed by atoms with van der Waals surface area (Å²) in [5.41, 5.74) is 0.563. The van der Waals surface area contributed by atoms with E-state index in [0.29, 0.717) is 17.8 Å². The highest BCUT2D eigenvalue weighted by molar-refractivity contribution is 5.75. The van der Waals surface area contributed by atoms with Crippen molar-refractivity contribution >= 4 is 17.3 Å². The normalized spacial score (nSPS) is 13.5. The maximum Gasteiger partial charge on any atom is 0.306 e. The van der Waals surface area contributed by atoms with Crippen molar-refractivity contribution in [2.45, 2.75) is 219 Å². The molecule has 0 amide bonds. The highest BCUT2D eigenvalue weighted by atomic mass is 16.5. The zero-order valence-corrected chi connectivity index (χ0v) is 34.6. The summed E-state index contributed by atoms with van der Waals surface area (Å²) in [5.74, 6) is 0.0208. The molecule has 1 saturated heterocycles. The van der Waals surface area contributed by atoms with E-state index in [1.54, 1.807) is 0 Å². The van der Waals surface area contributed by atoms with Gasteiger partial charge in [-0.25, -0.2) is 0 Å². The molecule has 1 aromatic rings. The van der Waals surface area contributed by atoms with E-state index in [-0.39, 0.29) is 22.9 Å². The fraction of sp³-hybridized carbons (Fsp3) is 0.889. The largest absolute Gasteiger partial charge is 0.462 e. The smallest absolute Gasteiger partial charge is 0.306 e. The Kier molecular flexibility index (Phi) is 28.0. The van der Waals surface area contributed by atoms with Gasteiger partial charge in [-0.3, -0.25) is 14.4 Å². The molecule has 302 valence electrons. The fourth-order valence-electron chi connectivity index (χ4n) is 7.88. The number of ether oxygens (including phenoxy) is 1. The molecule has 1 N–H and O–H groups in total. The topological polar surface area (TPSA) is 79.0 Å². The number of unbranched alkanes of at least 4 members (excludes halogenated alkanes) is 19. The van der Waals surface area contributed by atoms with Gasteiger partial charge >= 0.3 is 5.97 Å². The third-order valence-electron chi connectivity index (χ3n) is 11.3.